The normalized spacial score (nSPS) is 12.2. The average molecular weight is 239 g/mol. The third-order valence-corrected chi connectivity index (χ3v) is 2.54. The quantitative estimate of drug-likeness (QED) is 0.790. The second-order valence-corrected chi connectivity index (χ2v) is 3.61. The molecule has 4 nitrogen and oxygen atoms in total. The van der Waals surface area contributed by atoms with Gasteiger partial charge in [0.15, 0.2) is 0 Å². The van der Waals surface area contributed by atoms with E-state index in [1.807, 2.05) is 32.2 Å². The molecule has 4 heteroatoms. The van der Waals surface area contributed by atoms with E-state index >= 15 is 0 Å². The highest BCUT2D eigenvalue weighted by Gasteiger charge is 2.16. The van der Waals surface area contributed by atoms with Crippen molar-refractivity contribution in [3.63, 3.8) is 0 Å². The van der Waals surface area contributed by atoms with Crippen LogP contribution in [0.3, 0.4) is 0 Å². The first-order chi connectivity index (χ1) is 8.26. The molecule has 0 unspecified atom stereocenters. The molecule has 0 aliphatic rings. The van der Waals surface area contributed by atoms with Crippen molar-refractivity contribution in [2.75, 3.05) is 34.4 Å². The zero-order valence-electron chi connectivity index (χ0n) is 10.9. The molecule has 0 radical (unpaired) electrons. The molecule has 1 aromatic carbocycles. The predicted molar refractivity (Wildman–Crippen MR) is 67.8 cm³/mol. The molecule has 0 amide bonds. The Labute approximate surface area is 103 Å². The SMILES string of the molecule is CCO[C@H](CNC)c1cc(OC)ccc1OC. The van der Waals surface area contributed by atoms with Crippen LogP contribution in [-0.2, 0) is 4.74 Å². The van der Waals surface area contributed by atoms with E-state index in [0.29, 0.717) is 6.61 Å². The summed E-state index contributed by atoms with van der Waals surface area (Å²) in [6, 6.07) is 5.73. The highest BCUT2D eigenvalue weighted by Crippen LogP contribution is 2.31. The average Bonchev–Trinajstić information content (AvgIpc) is 2.37. The monoisotopic (exact) mass is 239 g/mol. The maximum atomic E-state index is 5.71. The zero-order chi connectivity index (χ0) is 12.7. The van der Waals surface area contributed by atoms with Gasteiger partial charge in [0.1, 0.15) is 11.5 Å². The Morgan fingerprint density at radius 3 is 2.53 bits per heavy atom. The summed E-state index contributed by atoms with van der Waals surface area (Å²) in [6.45, 7) is 3.37. The van der Waals surface area contributed by atoms with E-state index in [-0.39, 0.29) is 6.10 Å². The Morgan fingerprint density at radius 2 is 2.00 bits per heavy atom. The minimum atomic E-state index is -0.0324. The molecular weight excluding hydrogens is 218 g/mol. The number of nitrogens with one attached hydrogen (secondary N) is 1. The van der Waals surface area contributed by atoms with Crippen LogP contribution in [-0.4, -0.2) is 34.4 Å². The van der Waals surface area contributed by atoms with Gasteiger partial charge in [-0.2, -0.15) is 0 Å². The number of hydrogen-bond acceptors (Lipinski definition) is 4. The van der Waals surface area contributed by atoms with Gasteiger partial charge in [0.25, 0.3) is 0 Å². The van der Waals surface area contributed by atoms with E-state index in [9.17, 15) is 0 Å². The standard InChI is InChI=1S/C13H21NO3/c1-5-17-13(9-14-2)11-8-10(15-3)6-7-12(11)16-4/h6-8,13-14H,5,9H2,1-4H3/t13-/m1/s1. The summed E-state index contributed by atoms with van der Waals surface area (Å²) in [6.07, 6.45) is -0.0324. The molecule has 1 atom stereocenters. The van der Waals surface area contributed by atoms with Crippen LogP contribution in [0.5, 0.6) is 11.5 Å². The summed E-state index contributed by atoms with van der Waals surface area (Å²) in [7, 11) is 5.21. The largest absolute Gasteiger partial charge is 0.497 e. The lowest BCUT2D eigenvalue weighted by atomic mass is 10.1. The van der Waals surface area contributed by atoms with Crippen LogP contribution in [0.2, 0.25) is 0 Å². The summed E-state index contributed by atoms with van der Waals surface area (Å²) in [5.41, 5.74) is 1.00. The van der Waals surface area contributed by atoms with E-state index in [1.54, 1.807) is 14.2 Å². The number of methoxy groups -OCH3 is 2. The Morgan fingerprint density at radius 1 is 1.24 bits per heavy atom. The van der Waals surface area contributed by atoms with Gasteiger partial charge in [0.2, 0.25) is 0 Å². The highest BCUT2D eigenvalue weighted by atomic mass is 16.5. The molecule has 0 fully saturated rings. The minimum absolute atomic E-state index is 0.0324. The number of rotatable bonds is 7. The zero-order valence-corrected chi connectivity index (χ0v) is 10.9. The fourth-order valence-corrected chi connectivity index (χ4v) is 1.74. The van der Waals surface area contributed by atoms with Crippen LogP contribution in [0.15, 0.2) is 18.2 Å². The summed E-state index contributed by atoms with van der Waals surface area (Å²) in [5, 5.41) is 3.12. The van der Waals surface area contributed by atoms with Gasteiger partial charge < -0.3 is 19.5 Å². The second-order valence-electron chi connectivity index (χ2n) is 3.61. The molecule has 1 N–H and O–H groups in total. The van der Waals surface area contributed by atoms with Crippen molar-refractivity contribution in [1.29, 1.82) is 0 Å². The lowest BCUT2D eigenvalue weighted by molar-refractivity contribution is 0.0618. The summed E-state index contributed by atoms with van der Waals surface area (Å²) >= 11 is 0. The van der Waals surface area contributed by atoms with E-state index in [0.717, 1.165) is 23.6 Å². The van der Waals surface area contributed by atoms with Gasteiger partial charge in [-0.25, -0.2) is 0 Å². The van der Waals surface area contributed by atoms with Gasteiger partial charge in [0, 0.05) is 18.7 Å². The van der Waals surface area contributed by atoms with Crippen LogP contribution in [0.25, 0.3) is 0 Å². The molecule has 0 aliphatic carbocycles. The molecule has 0 aromatic heterocycles. The number of ether oxygens (including phenoxy) is 3. The van der Waals surface area contributed by atoms with E-state index in [4.69, 9.17) is 14.2 Å². The Bertz CT molecular complexity index is 335. The van der Waals surface area contributed by atoms with Gasteiger partial charge >= 0.3 is 0 Å². The molecule has 1 aromatic rings. The number of hydrogen-bond donors (Lipinski definition) is 1. The maximum Gasteiger partial charge on any atom is 0.124 e. The minimum Gasteiger partial charge on any atom is -0.497 e. The van der Waals surface area contributed by atoms with E-state index in [1.165, 1.54) is 0 Å². The molecule has 0 saturated heterocycles. The van der Waals surface area contributed by atoms with Gasteiger partial charge in [-0.1, -0.05) is 0 Å². The van der Waals surface area contributed by atoms with E-state index in [2.05, 4.69) is 5.32 Å². The summed E-state index contributed by atoms with van der Waals surface area (Å²) < 4.78 is 16.3. The lowest BCUT2D eigenvalue weighted by Crippen LogP contribution is -2.20. The molecule has 1 rings (SSSR count). The van der Waals surface area contributed by atoms with Gasteiger partial charge in [-0.05, 0) is 32.2 Å². The molecule has 0 bridgehead atoms. The van der Waals surface area contributed by atoms with Gasteiger partial charge in [0.05, 0.1) is 20.3 Å². The van der Waals surface area contributed by atoms with Crippen molar-refractivity contribution in [1.82, 2.24) is 5.32 Å². The molecule has 17 heavy (non-hydrogen) atoms. The van der Waals surface area contributed by atoms with Crippen molar-refractivity contribution in [3.8, 4) is 11.5 Å². The third kappa shape index (κ3) is 3.61. The Kier molecular flexibility index (Phi) is 5.80. The first-order valence-electron chi connectivity index (χ1n) is 5.74. The molecule has 0 heterocycles. The Balaban J connectivity index is 3.04. The van der Waals surface area contributed by atoms with Crippen molar-refractivity contribution in [2.45, 2.75) is 13.0 Å². The van der Waals surface area contributed by atoms with Crippen molar-refractivity contribution < 1.29 is 14.2 Å². The van der Waals surface area contributed by atoms with Crippen LogP contribution in [0.1, 0.15) is 18.6 Å². The number of likely N-dealkylation sites (N-methyl/N-ethyl adjacent to an activating group) is 1. The third-order valence-electron chi connectivity index (χ3n) is 2.54. The van der Waals surface area contributed by atoms with Crippen LogP contribution < -0.4 is 14.8 Å². The molecule has 0 spiro atoms. The first kappa shape index (κ1) is 13.8. The highest BCUT2D eigenvalue weighted by molar-refractivity contribution is 5.41. The first-order valence-corrected chi connectivity index (χ1v) is 5.74. The van der Waals surface area contributed by atoms with Gasteiger partial charge in [-0.15, -0.1) is 0 Å². The molecular formula is C13H21NO3. The van der Waals surface area contributed by atoms with Crippen LogP contribution in [0, 0.1) is 0 Å². The van der Waals surface area contributed by atoms with E-state index < -0.39 is 0 Å². The topological polar surface area (TPSA) is 39.7 Å². The summed E-state index contributed by atoms with van der Waals surface area (Å²) in [4.78, 5) is 0. The van der Waals surface area contributed by atoms with Crippen molar-refractivity contribution in [2.24, 2.45) is 0 Å². The lowest BCUT2D eigenvalue weighted by Gasteiger charge is -2.20. The number of benzene rings is 1. The summed E-state index contributed by atoms with van der Waals surface area (Å²) in [5.74, 6) is 1.63. The fraction of sp³-hybridized carbons (Fsp3) is 0.538. The smallest absolute Gasteiger partial charge is 0.124 e. The fourth-order valence-electron chi connectivity index (χ4n) is 1.74. The van der Waals surface area contributed by atoms with Crippen LogP contribution in [0.4, 0.5) is 0 Å². The maximum absolute atomic E-state index is 5.71. The Hall–Kier alpha value is -1.26. The van der Waals surface area contributed by atoms with Crippen LogP contribution >= 0.6 is 0 Å². The molecule has 0 saturated carbocycles. The van der Waals surface area contributed by atoms with Crippen molar-refractivity contribution >= 4 is 0 Å². The molecule has 96 valence electrons. The van der Waals surface area contributed by atoms with Crippen molar-refractivity contribution in [3.05, 3.63) is 23.8 Å². The predicted octanol–water partition coefficient (Wildman–Crippen LogP) is 2.00. The van der Waals surface area contributed by atoms with Gasteiger partial charge in [-0.3, -0.25) is 0 Å². The second kappa shape index (κ2) is 7.14. The molecule has 0 aliphatic heterocycles.